The lowest BCUT2D eigenvalue weighted by Crippen LogP contribution is -2.39. The second kappa shape index (κ2) is 10.4. The number of thioether (sulfide) groups is 1. The molecule has 1 aromatic heterocycles. The minimum atomic E-state index is -1.04. The largest absolute Gasteiger partial charge is 0.466 e. The van der Waals surface area contributed by atoms with Crippen LogP contribution in [0, 0.1) is 13.8 Å². The van der Waals surface area contributed by atoms with E-state index >= 15 is 0 Å². The van der Waals surface area contributed by atoms with E-state index in [1.807, 2.05) is 26.8 Å². The number of hydrogen-bond acceptors (Lipinski definition) is 4. The predicted octanol–water partition coefficient (Wildman–Crippen LogP) is 2.64. The topological polar surface area (TPSA) is 69.8 Å². The lowest BCUT2D eigenvalue weighted by Gasteiger charge is -2.21. The van der Waals surface area contributed by atoms with Gasteiger partial charge in [0.15, 0.2) is 5.96 Å². The Balaban J connectivity index is 0.00000441. The van der Waals surface area contributed by atoms with E-state index in [9.17, 15) is 5.11 Å². The molecule has 1 heterocycles. The Morgan fingerprint density at radius 1 is 1.41 bits per heavy atom. The van der Waals surface area contributed by atoms with Gasteiger partial charge in [-0.2, -0.15) is 11.8 Å². The first kappa shape index (κ1) is 21.6. The van der Waals surface area contributed by atoms with Crippen LogP contribution in [0.5, 0.6) is 0 Å². The van der Waals surface area contributed by atoms with E-state index in [0.29, 0.717) is 0 Å². The smallest absolute Gasteiger partial charge is 0.191 e. The zero-order chi connectivity index (χ0) is 15.9. The number of hydrogen-bond donors (Lipinski definition) is 3. The highest BCUT2D eigenvalue weighted by atomic mass is 127. The van der Waals surface area contributed by atoms with Crippen molar-refractivity contribution in [2.45, 2.75) is 33.3 Å². The number of aliphatic imine (C=N–C) groups is 1. The van der Waals surface area contributed by atoms with Gasteiger partial charge in [0.1, 0.15) is 17.1 Å². The maximum absolute atomic E-state index is 10.6. The molecule has 0 amide bonds. The Hall–Kier alpha value is -0.410. The minimum Gasteiger partial charge on any atom is -0.466 e. The first-order valence-corrected chi connectivity index (χ1v) is 8.61. The molecule has 1 unspecified atom stereocenters. The van der Waals surface area contributed by atoms with Crippen molar-refractivity contribution in [2.75, 3.05) is 31.6 Å². The number of nitrogens with zero attached hydrogens (tertiary/aromatic N) is 1. The fraction of sp³-hybridized carbons (Fsp3) is 0.667. The molecule has 0 saturated heterocycles. The molecule has 0 aliphatic carbocycles. The lowest BCUT2D eigenvalue weighted by molar-refractivity contribution is 0.0657. The third kappa shape index (κ3) is 6.78. The van der Waals surface area contributed by atoms with Gasteiger partial charge in [0.25, 0.3) is 0 Å². The lowest BCUT2D eigenvalue weighted by atomic mass is 9.96. The van der Waals surface area contributed by atoms with Gasteiger partial charge >= 0.3 is 0 Å². The van der Waals surface area contributed by atoms with E-state index < -0.39 is 5.60 Å². The quantitative estimate of drug-likeness (QED) is 0.263. The Morgan fingerprint density at radius 3 is 2.59 bits per heavy atom. The summed E-state index contributed by atoms with van der Waals surface area (Å²) in [6, 6.07) is 1.87. The Kier molecular flexibility index (Phi) is 10.2. The molecule has 0 saturated carbocycles. The van der Waals surface area contributed by atoms with E-state index in [1.165, 1.54) is 0 Å². The van der Waals surface area contributed by atoms with Gasteiger partial charge in [-0.25, -0.2) is 4.99 Å². The van der Waals surface area contributed by atoms with Gasteiger partial charge < -0.3 is 20.2 Å². The van der Waals surface area contributed by atoms with Gasteiger partial charge in [-0.3, -0.25) is 0 Å². The van der Waals surface area contributed by atoms with Crippen LogP contribution in [0.2, 0.25) is 0 Å². The van der Waals surface area contributed by atoms with Crippen LogP contribution in [0.25, 0.3) is 0 Å². The summed E-state index contributed by atoms with van der Waals surface area (Å²) in [5, 5.41) is 17.1. The molecular formula is C15H28IN3O2S. The molecule has 0 bridgehead atoms. The summed E-state index contributed by atoms with van der Waals surface area (Å²) < 4.78 is 5.49. The fourth-order valence-corrected chi connectivity index (χ4v) is 2.40. The van der Waals surface area contributed by atoms with Crippen LogP contribution in [0.1, 0.15) is 30.9 Å². The highest BCUT2D eigenvalue weighted by molar-refractivity contribution is 14.0. The minimum absolute atomic E-state index is 0. The van der Waals surface area contributed by atoms with E-state index in [0.717, 1.165) is 41.9 Å². The van der Waals surface area contributed by atoms with Crippen LogP contribution in [0.15, 0.2) is 15.5 Å². The number of furan rings is 1. The van der Waals surface area contributed by atoms with Crippen molar-refractivity contribution in [1.82, 2.24) is 10.6 Å². The molecule has 1 atom stereocenters. The molecule has 0 spiro atoms. The van der Waals surface area contributed by atoms with Gasteiger partial charge in [0.05, 0.1) is 6.54 Å². The summed E-state index contributed by atoms with van der Waals surface area (Å²) in [6.07, 6.45) is 2.07. The third-order valence-electron chi connectivity index (χ3n) is 3.11. The summed E-state index contributed by atoms with van der Waals surface area (Å²) in [5.74, 6) is 3.29. The molecule has 0 aliphatic heterocycles. The maximum atomic E-state index is 10.6. The van der Waals surface area contributed by atoms with Crippen molar-refractivity contribution in [2.24, 2.45) is 4.99 Å². The highest BCUT2D eigenvalue weighted by Gasteiger charge is 2.27. The second-order valence-electron chi connectivity index (χ2n) is 5.22. The van der Waals surface area contributed by atoms with Crippen LogP contribution >= 0.6 is 35.7 Å². The number of aliphatic hydroxyl groups is 1. The van der Waals surface area contributed by atoms with Crippen molar-refractivity contribution < 1.29 is 9.52 Å². The standard InChI is InChI=1S/C15H27N3O2S.HI/c1-6-16-14(17-7-8-21-5)18-10-15(4,19)13-9-11(2)20-12(13)3;/h9,19H,6-8,10H2,1-5H3,(H2,16,17,18);1H. The zero-order valence-corrected chi connectivity index (χ0v) is 17.2. The summed E-state index contributed by atoms with van der Waals surface area (Å²) >= 11 is 1.78. The molecule has 3 N–H and O–H groups in total. The number of aryl methyl sites for hydroxylation is 2. The van der Waals surface area contributed by atoms with Crippen LogP contribution in [0.3, 0.4) is 0 Å². The van der Waals surface area contributed by atoms with Gasteiger partial charge in [0.2, 0.25) is 0 Å². The summed E-state index contributed by atoms with van der Waals surface area (Å²) in [4.78, 5) is 4.48. The summed E-state index contributed by atoms with van der Waals surface area (Å²) in [6.45, 7) is 9.44. The fourth-order valence-electron chi connectivity index (χ4n) is 2.10. The predicted molar refractivity (Wildman–Crippen MR) is 106 cm³/mol. The van der Waals surface area contributed by atoms with Crippen LogP contribution in [0.4, 0.5) is 0 Å². The van der Waals surface area contributed by atoms with Crippen LogP contribution in [-0.4, -0.2) is 42.7 Å². The SMILES string of the molecule is CCNC(=NCC(C)(O)c1cc(C)oc1C)NCCSC.I. The van der Waals surface area contributed by atoms with Gasteiger partial charge in [-0.05, 0) is 40.0 Å². The zero-order valence-electron chi connectivity index (χ0n) is 14.0. The highest BCUT2D eigenvalue weighted by Crippen LogP contribution is 2.27. The van der Waals surface area contributed by atoms with Crippen LogP contribution in [-0.2, 0) is 5.60 Å². The average Bonchev–Trinajstić information content (AvgIpc) is 2.76. The third-order valence-corrected chi connectivity index (χ3v) is 3.72. The molecule has 0 radical (unpaired) electrons. The maximum Gasteiger partial charge on any atom is 0.191 e. The number of guanidine groups is 1. The van der Waals surface area contributed by atoms with Gasteiger partial charge in [0, 0.05) is 24.4 Å². The van der Waals surface area contributed by atoms with Crippen molar-refractivity contribution in [3.8, 4) is 0 Å². The Labute approximate surface area is 154 Å². The number of nitrogens with one attached hydrogen (secondary N) is 2. The van der Waals surface area contributed by atoms with E-state index in [-0.39, 0.29) is 30.5 Å². The normalized spacial score (nSPS) is 14.2. The molecule has 0 aliphatic rings. The van der Waals surface area contributed by atoms with E-state index in [4.69, 9.17) is 4.42 Å². The van der Waals surface area contributed by atoms with Crippen molar-refractivity contribution in [3.05, 3.63) is 23.2 Å². The molecule has 0 fully saturated rings. The van der Waals surface area contributed by atoms with Gasteiger partial charge in [-0.15, -0.1) is 24.0 Å². The Morgan fingerprint density at radius 2 is 2.09 bits per heavy atom. The molecule has 0 aromatic carbocycles. The van der Waals surface area contributed by atoms with E-state index in [1.54, 1.807) is 18.7 Å². The van der Waals surface area contributed by atoms with Crippen molar-refractivity contribution in [1.29, 1.82) is 0 Å². The first-order chi connectivity index (χ1) is 9.90. The molecule has 1 aromatic rings. The molecule has 22 heavy (non-hydrogen) atoms. The van der Waals surface area contributed by atoms with E-state index in [2.05, 4.69) is 21.9 Å². The summed E-state index contributed by atoms with van der Waals surface area (Å²) in [7, 11) is 0. The number of halogens is 1. The molecule has 7 heteroatoms. The van der Waals surface area contributed by atoms with Crippen molar-refractivity contribution >= 4 is 41.7 Å². The van der Waals surface area contributed by atoms with Crippen LogP contribution < -0.4 is 10.6 Å². The first-order valence-electron chi connectivity index (χ1n) is 7.21. The molecule has 5 nitrogen and oxygen atoms in total. The second-order valence-corrected chi connectivity index (χ2v) is 6.20. The van der Waals surface area contributed by atoms with Crippen molar-refractivity contribution in [3.63, 3.8) is 0 Å². The summed E-state index contributed by atoms with van der Waals surface area (Å²) in [5.41, 5.74) is -0.243. The van der Waals surface area contributed by atoms with Gasteiger partial charge in [-0.1, -0.05) is 0 Å². The number of rotatable bonds is 7. The molecule has 128 valence electrons. The molecule has 1 rings (SSSR count). The molecular weight excluding hydrogens is 413 g/mol. The Bertz CT molecular complexity index is 475. The average molecular weight is 441 g/mol. The monoisotopic (exact) mass is 441 g/mol.